The fourth-order valence-electron chi connectivity index (χ4n) is 2.44. The lowest BCUT2D eigenvalue weighted by atomic mass is 10.1. The van der Waals surface area contributed by atoms with E-state index >= 15 is 0 Å². The van der Waals surface area contributed by atoms with Crippen LogP contribution in [0, 0.1) is 13.8 Å². The van der Waals surface area contributed by atoms with Gasteiger partial charge in [0.2, 0.25) is 0 Å². The summed E-state index contributed by atoms with van der Waals surface area (Å²) >= 11 is 0. The van der Waals surface area contributed by atoms with Gasteiger partial charge in [0, 0.05) is 41.9 Å². The Kier molecular flexibility index (Phi) is 4.45. The number of aliphatic hydroxyl groups is 1. The molecule has 0 fully saturated rings. The fraction of sp³-hybridized carbons (Fsp3) is 0.438. The molecule has 4 heteroatoms. The number of fused-ring (bicyclic) bond motifs is 1. The maximum absolute atomic E-state index is 12.5. The molecule has 0 aliphatic carbocycles. The van der Waals surface area contributed by atoms with Crippen LogP contribution in [0.1, 0.15) is 35.0 Å². The standard InChI is InChI=1S/C16H22N2O2/c1-4-18(8-5-9-19)16(20)13-6-7-15-14(10-13)11(2)12(3)17-15/h6-7,10,17,19H,4-5,8-9H2,1-3H3. The Morgan fingerprint density at radius 3 is 2.75 bits per heavy atom. The van der Waals surface area contributed by atoms with Gasteiger partial charge in [-0.1, -0.05) is 0 Å². The predicted octanol–water partition coefficient (Wildman–Crippen LogP) is 2.63. The normalized spacial score (nSPS) is 11.0. The summed E-state index contributed by atoms with van der Waals surface area (Å²) < 4.78 is 0. The van der Waals surface area contributed by atoms with Crippen molar-refractivity contribution in [2.45, 2.75) is 27.2 Å². The minimum atomic E-state index is 0.0288. The zero-order valence-corrected chi connectivity index (χ0v) is 12.4. The number of nitrogens with one attached hydrogen (secondary N) is 1. The summed E-state index contributed by atoms with van der Waals surface area (Å²) in [4.78, 5) is 17.6. The summed E-state index contributed by atoms with van der Waals surface area (Å²) in [5.41, 5.74) is 4.10. The quantitative estimate of drug-likeness (QED) is 0.880. The first kappa shape index (κ1) is 14.6. The van der Waals surface area contributed by atoms with Crippen molar-refractivity contribution in [1.29, 1.82) is 0 Å². The lowest BCUT2D eigenvalue weighted by Gasteiger charge is -2.20. The van der Waals surface area contributed by atoms with Crippen LogP contribution in [0.15, 0.2) is 18.2 Å². The van der Waals surface area contributed by atoms with Gasteiger partial charge in [-0.2, -0.15) is 0 Å². The number of carbonyl (C=O) groups excluding carboxylic acids is 1. The largest absolute Gasteiger partial charge is 0.396 e. The van der Waals surface area contributed by atoms with Crippen LogP contribution in [0.2, 0.25) is 0 Å². The number of aryl methyl sites for hydroxylation is 2. The van der Waals surface area contributed by atoms with Crippen molar-refractivity contribution < 1.29 is 9.90 Å². The van der Waals surface area contributed by atoms with Gasteiger partial charge in [0.25, 0.3) is 5.91 Å². The lowest BCUT2D eigenvalue weighted by molar-refractivity contribution is 0.0754. The highest BCUT2D eigenvalue weighted by Gasteiger charge is 2.15. The molecule has 0 bridgehead atoms. The summed E-state index contributed by atoms with van der Waals surface area (Å²) in [5, 5.41) is 10.0. The summed E-state index contributed by atoms with van der Waals surface area (Å²) in [6, 6.07) is 5.78. The maximum Gasteiger partial charge on any atom is 0.253 e. The maximum atomic E-state index is 12.5. The van der Waals surface area contributed by atoms with E-state index in [0.29, 0.717) is 25.1 Å². The molecule has 1 heterocycles. The van der Waals surface area contributed by atoms with E-state index < -0.39 is 0 Å². The van der Waals surface area contributed by atoms with Gasteiger partial charge in [0.05, 0.1) is 0 Å². The van der Waals surface area contributed by atoms with Crippen molar-refractivity contribution in [3.63, 3.8) is 0 Å². The summed E-state index contributed by atoms with van der Waals surface area (Å²) in [7, 11) is 0. The predicted molar refractivity (Wildman–Crippen MR) is 81.1 cm³/mol. The van der Waals surface area contributed by atoms with E-state index in [9.17, 15) is 4.79 Å². The van der Waals surface area contributed by atoms with Gasteiger partial charge in [-0.3, -0.25) is 4.79 Å². The number of hydrogen-bond acceptors (Lipinski definition) is 2. The van der Waals surface area contributed by atoms with Crippen LogP contribution >= 0.6 is 0 Å². The van der Waals surface area contributed by atoms with Crippen LogP contribution in [0.25, 0.3) is 10.9 Å². The number of nitrogens with zero attached hydrogens (tertiary/aromatic N) is 1. The van der Waals surface area contributed by atoms with Crippen LogP contribution in [-0.2, 0) is 0 Å². The molecule has 0 spiro atoms. The zero-order chi connectivity index (χ0) is 14.7. The molecule has 0 saturated carbocycles. The summed E-state index contributed by atoms with van der Waals surface area (Å²) in [5.74, 6) is 0.0288. The molecule has 4 nitrogen and oxygen atoms in total. The molecule has 1 aromatic carbocycles. The first-order chi connectivity index (χ1) is 9.58. The SMILES string of the molecule is CCN(CCCO)C(=O)c1ccc2[nH]c(C)c(C)c2c1. The number of aromatic nitrogens is 1. The molecule has 2 aromatic rings. The average Bonchev–Trinajstić information content (AvgIpc) is 2.74. The molecule has 2 N–H and O–H groups in total. The van der Waals surface area contributed by atoms with Gasteiger partial charge in [-0.05, 0) is 51.0 Å². The molecule has 20 heavy (non-hydrogen) atoms. The minimum Gasteiger partial charge on any atom is -0.396 e. The van der Waals surface area contributed by atoms with Gasteiger partial charge in [-0.15, -0.1) is 0 Å². The van der Waals surface area contributed by atoms with Crippen molar-refractivity contribution in [2.24, 2.45) is 0 Å². The smallest absolute Gasteiger partial charge is 0.253 e. The van der Waals surface area contributed by atoms with Crippen molar-refractivity contribution in [1.82, 2.24) is 9.88 Å². The molecular formula is C16H22N2O2. The number of aromatic amines is 1. The molecule has 1 amide bonds. The Morgan fingerprint density at radius 2 is 2.10 bits per heavy atom. The van der Waals surface area contributed by atoms with Crippen molar-refractivity contribution in [2.75, 3.05) is 19.7 Å². The molecule has 108 valence electrons. The van der Waals surface area contributed by atoms with E-state index in [4.69, 9.17) is 5.11 Å². The second-order valence-corrected chi connectivity index (χ2v) is 5.10. The topological polar surface area (TPSA) is 56.3 Å². The molecule has 0 atom stereocenters. The van der Waals surface area contributed by atoms with Gasteiger partial charge in [-0.25, -0.2) is 0 Å². The summed E-state index contributed by atoms with van der Waals surface area (Å²) in [6.45, 7) is 7.41. The highest BCUT2D eigenvalue weighted by molar-refractivity contribution is 5.99. The molecule has 0 unspecified atom stereocenters. The molecule has 0 aliphatic rings. The van der Waals surface area contributed by atoms with Gasteiger partial charge >= 0.3 is 0 Å². The molecule has 0 radical (unpaired) electrons. The molecular weight excluding hydrogens is 252 g/mol. The first-order valence-electron chi connectivity index (χ1n) is 7.07. The van der Waals surface area contributed by atoms with Crippen LogP contribution in [0.5, 0.6) is 0 Å². The van der Waals surface area contributed by atoms with Gasteiger partial charge in [0.1, 0.15) is 0 Å². The minimum absolute atomic E-state index is 0.0288. The van der Waals surface area contributed by atoms with Crippen LogP contribution in [-0.4, -0.2) is 40.6 Å². The van der Waals surface area contributed by atoms with Crippen LogP contribution in [0.3, 0.4) is 0 Å². The Hall–Kier alpha value is -1.81. The third-order valence-corrected chi connectivity index (χ3v) is 3.81. The monoisotopic (exact) mass is 274 g/mol. The molecule has 1 aromatic heterocycles. The Labute approximate surface area is 119 Å². The third-order valence-electron chi connectivity index (χ3n) is 3.81. The van der Waals surface area contributed by atoms with E-state index in [1.165, 1.54) is 5.56 Å². The van der Waals surface area contributed by atoms with E-state index in [1.807, 2.05) is 32.0 Å². The van der Waals surface area contributed by atoms with E-state index in [0.717, 1.165) is 16.6 Å². The van der Waals surface area contributed by atoms with Crippen molar-refractivity contribution in [3.8, 4) is 0 Å². The Morgan fingerprint density at radius 1 is 1.35 bits per heavy atom. The highest BCUT2D eigenvalue weighted by Crippen LogP contribution is 2.23. The Bertz CT molecular complexity index is 616. The number of carbonyl (C=O) groups is 1. The zero-order valence-electron chi connectivity index (χ0n) is 12.4. The van der Waals surface area contributed by atoms with E-state index in [1.54, 1.807) is 4.90 Å². The van der Waals surface area contributed by atoms with Crippen LogP contribution < -0.4 is 0 Å². The summed E-state index contributed by atoms with van der Waals surface area (Å²) in [6.07, 6.45) is 0.615. The fourth-order valence-corrected chi connectivity index (χ4v) is 2.44. The van der Waals surface area contributed by atoms with Crippen LogP contribution in [0.4, 0.5) is 0 Å². The molecule has 0 saturated heterocycles. The number of rotatable bonds is 5. The second kappa shape index (κ2) is 6.09. The number of hydrogen-bond donors (Lipinski definition) is 2. The first-order valence-corrected chi connectivity index (χ1v) is 7.07. The second-order valence-electron chi connectivity index (χ2n) is 5.10. The van der Waals surface area contributed by atoms with E-state index in [-0.39, 0.29) is 12.5 Å². The number of amides is 1. The number of benzene rings is 1. The Balaban J connectivity index is 2.31. The number of aliphatic hydroxyl groups excluding tert-OH is 1. The van der Waals surface area contributed by atoms with Crippen molar-refractivity contribution >= 4 is 16.8 Å². The third kappa shape index (κ3) is 2.70. The number of H-pyrrole nitrogens is 1. The van der Waals surface area contributed by atoms with Gasteiger partial charge < -0.3 is 15.0 Å². The van der Waals surface area contributed by atoms with E-state index in [2.05, 4.69) is 11.9 Å². The highest BCUT2D eigenvalue weighted by atomic mass is 16.3. The van der Waals surface area contributed by atoms with Gasteiger partial charge in [0.15, 0.2) is 0 Å². The average molecular weight is 274 g/mol. The molecule has 2 rings (SSSR count). The van der Waals surface area contributed by atoms with Crippen molar-refractivity contribution in [3.05, 3.63) is 35.0 Å². The molecule has 0 aliphatic heterocycles. The lowest BCUT2D eigenvalue weighted by Crippen LogP contribution is -2.32.